The molecule has 0 aliphatic heterocycles. The topological polar surface area (TPSA) is 69.2 Å². The highest BCUT2D eigenvalue weighted by Gasteiger charge is 2.32. The second-order valence-corrected chi connectivity index (χ2v) is 8.57. The van der Waals surface area contributed by atoms with Crippen LogP contribution in [0, 0.1) is 0 Å². The Morgan fingerprint density at radius 3 is 2.48 bits per heavy atom. The van der Waals surface area contributed by atoms with Crippen LogP contribution in [0.5, 0.6) is 5.75 Å². The van der Waals surface area contributed by atoms with Crippen molar-refractivity contribution in [3.8, 4) is 5.75 Å². The van der Waals surface area contributed by atoms with E-state index in [2.05, 4.69) is 61.5 Å². The van der Waals surface area contributed by atoms with Crippen LogP contribution in [0.2, 0.25) is 0 Å². The summed E-state index contributed by atoms with van der Waals surface area (Å²) in [5.41, 5.74) is 2.34. The fourth-order valence-corrected chi connectivity index (χ4v) is 4.76. The Kier molecular flexibility index (Phi) is 6.48. The molecule has 1 atom stereocenters. The van der Waals surface area contributed by atoms with E-state index in [1.165, 1.54) is 18.4 Å². The molecule has 7 nitrogen and oxygen atoms in total. The number of ether oxygens (including phenoxy) is 1. The van der Waals surface area contributed by atoms with Gasteiger partial charge in [0.2, 0.25) is 0 Å². The summed E-state index contributed by atoms with van der Waals surface area (Å²) in [6.45, 7) is 1.37. The summed E-state index contributed by atoms with van der Waals surface area (Å²) in [5, 5.41) is 13.1. The molecule has 0 radical (unpaired) electrons. The maximum atomic E-state index is 5.75. The van der Waals surface area contributed by atoms with E-state index in [0.29, 0.717) is 12.6 Å². The van der Waals surface area contributed by atoms with Gasteiger partial charge in [0.05, 0.1) is 32.0 Å². The lowest BCUT2D eigenvalue weighted by Gasteiger charge is -2.31. The smallest absolute Gasteiger partial charge is 0.173 e. The quantitative estimate of drug-likeness (QED) is 0.355. The molecule has 2 aromatic heterocycles. The second kappa shape index (κ2) is 10.0. The normalized spacial score (nSPS) is 15.2. The van der Waals surface area contributed by atoms with E-state index in [-0.39, 0.29) is 6.04 Å². The summed E-state index contributed by atoms with van der Waals surface area (Å²) in [7, 11) is 1.69. The third-order valence-electron chi connectivity index (χ3n) is 6.40. The van der Waals surface area contributed by atoms with Crippen molar-refractivity contribution in [2.24, 2.45) is 0 Å². The molecule has 0 saturated heterocycles. The molecule has 5 rings (SSSR count). The van der Waals surface area contributed by atoms with Gasteiger partial charge in [0.1, 0.15) is 11.5 Å². The summed E-state index contributed by atoms with van der Waals surface area (Å²) >= 11 is 0. The van der Waals surface area contributed by atoms with Gasteiger partial charge in [-0.25, -0.2) is 4.68 Å². The molecule has 1 aliphatic rings. The van der Waals surface area contributed by atoms with Gasteiger partial charge in [0, 0.05) is 6.54 Å². The highest BCUT2D eigenvalue weighted by molar-refractivity contribution is 5.32. The Labute approximate surface area is 194 Å². The lowest BCUT2D eigenvalue weighted by Crippen LogP contribution is -2.31. The average molecular weight is 444 g/mol. The van der Waals surface area contributed by atoms with Gasteiger partial charge in [0.15, 0.2) is 5.82 Å². The molecule has 0 spiro atoms. The minimum absolute atomic E-state index is 0.142. The number of rotatable bonds is 9. The number of benzene rings is 2. The average Bonchev–Trinajstić information content (AvgIpc) is 3.63. The van der Waals surface area contributed by atoms with Crippen molar-refractivity contribution in [3.63, 3.8) is 0 Å². The van der Waals surface area contributed by atoms with Crippen LogP contribution in [0.4, 0.5) is 0 Å². The predicted molar refractivity (Wildman–Crippen MR) is 125 cm³/mol. The van der Waals surface area contributed by atoms with Crippen LogP contribution in [0.1, 0.15) is 60.5 Å². The zero-order valence-electron chi connectivity index (χ0n) is 18.9. The fraction of sp³-hybridized carbons (Fsp3) is 0.346. The zero-order chi connectivity index (χ0) is 22.5. The van der Waals surface area contributed by atoms with E-state index in [9.17, 15) is 0 Å². The number of hydrogen-bond acceptors (Lipinski definition) is 6. The van der Waals surface area contributed by atoms with Crippen molar-refractivity contribution in [2.75, 3.05) is 7.11 Å². The van der Waals surface area contributed by atoms with Crippen LogP contribution in [0.15, 0.2) is 77.4 Å². The summed E-state index contributed by atoms with van der Waals surface area (Å²) in [4.78, 5) is 2.38. The molecule has 1 aliphatic carbocycles. The first-order chi connectivity index (χ1) is 16.3. The second-order valence-electron chi connectivity index (χ2n) is 8.57. The van der Waals surface area contributed by atoms with Gasteiger partial charge in [-0.2, -0.15) is 0 Å². The Morgan fingerprint density at radius 2 is 1.79 bits per heavy atom. The SMILES string of the molecule is COc1ccc([C@H](c2nnnn2C2CCCC2)N(Cc2ccccc2)Cc2ccco2)cc1. The minimum atomic E-state index is -0.142. The molecule has 1 saturated carbocycles. The molecule has 2 aromatic carbocycles. The molecule has 0 N–H and O–H groups in total. The molecule has 170 valence electrons. The van der Waals surface area contributed by atoms with Crippen LogP contribution < -0.4 is 4.74 Å². The monoisotopic (exact) mass is 443 g/mol. The van der Waals surface area contributed by atoms with Gasteiger partial charge in [0.25, 0.3) is 0 Å². The van der Waals surface area contributed by atoms with Crippen molar-refractivity contribution >= 4 is 0 Å². The highest BCUT2D eigenvalue weighted by atomic mass is 16.5. The van der Waals surface area contributed by atoms with Gasteiger partial charge in [-0.3, -0.25) is 4.90 Å². The minimum Gasteiger partial charge on any atom is -0.497 e. The third-order valence-corrected chi connectivity index (χ3v) is 6.40. The van der Waals surface area contributed by atoms with E-state index in [1.807, 2.05) is 30.3 Å². The van der Waals surface area contributed by atoms with Crippen LogP contribution in [0.3, 0.4) is 0 Å². The number of aromatic nitrogens is 4. The Balaban J connectivity index is 1.59. The zero-order valence-corrected chi connectivity index (χ0v) is 18.9. The Bertz CT molecular complexity index is 1120. The molecule has 7 heteroatoms. The van der Waals surface area contributed by atoms with Gasteiger partial charge in [-0.1, -0.05) is 55.3 Å². The van der Waals surface area contributed by atoms with Crippen molar-refractivity contribution in [3.05, 3.63) is 95.7 Å². The van der Waals surface area contributed by atoms with Crippen LogP contribution in [-0.2, 0) is 13.1 Å². The Hall–Kier alpha value is -3.45. The van der Waals surface area contributed by atoms with Crippen LogP contribution >= 0.6 is 0 Å². The molecule has 2 heterocycles. The van der Waals surface area contributed by atoms with Crippen molar-refractivity contribution in [2.45, 2.75) is 50.9 Å². The fourth-order valence-electron chi connectivity index (χ4n) is 4.76. The molecular formula is C26H29N5O2. The van der Waals surface area contributed by atoms with E-state index in [0.717, 1.165) is 42.3 Å². The van der Waals surface area contributed by atoms with Crippen LogP contribution in [0.25, 0.3) is 0 Å². The van der Waals surface area contributed by atoms with E-state index in [4.69, 9.17) is 9.15 Å². The largest absolute Gasteiger partial charge is 0.497 e. The predicted octanol–water partition coefficient (Wildman–Crippen LogP) is 5.18. The van der Waals surface area contributed by atoms with E-state index < -0.39 is 0 Å². The molecule has 0 bridgehead atoms. The first-order valence-electron chi connectivity index (χ1n) is 11.5. The van der Waals surface area contributed by atoms with Gasteiger partial charge >= 0.3 is 0 Å². The summed E-state index contributed by atoms with van der Waals surface area (Å²) in [6, 6.07) is 22.9. The first kappa shape index (κ1) is 21.4. The standard InChI is InChI=1S/C26H29N5O2/c1-32-23-15-13-21(14-16-23)25(26-27-28-29-31(26)22-10-5-6-11-22)30(19-24-12-7-17-33-24)18-20-8-3-2-4-9-20/h2-4,7-9,12-17,22,25H,5-6,10-11,18-19H2,1H3/t25-/m1/s1. The van der Waals surface area contributed by atoms with Crippen molar-refractivity contribution in [1.82, 2.24) is 25.1 Å². The van der Waals surface area contributed by atoms with Crippen LogP contribution in [-0.4, -0.2) is 32.2 Å². The Morgan fingerprint density at radius 1 is 1.00 bits per heavy atom. The lowest BCUT2D eigenvalue weighted by molar-refractivity contribution is 0.177. The molecule has 0 unspecified atom stereocenters. The number of furan rings is 1. The maximum absolute atomic E-state index is 5.75. The maximum Gasteiger partial charge on any atom is 0.173 e. The van der Waals surface area contributed by atoms with E-state index in [1.54, 1.807) is 13.4 Å². The van der Waals surface area contributed by atoms with E-state index >= 15 is 0 Å². The van der Waals surface area contributed by atoms with Gasteiger partial charge in [-0.15, -0.1) is 5.10 Å². The van der Waals surface area contributed by atoms with Gasteiger partial charge in [-0.05, 0) is 58.7 Å². The number of methoxy groups -OCH3 is 1. The van der Waals surface area contributed by atoms with Crippen molar-refractivity contribution < 1.29 is 9.15 Å². The summed E-state index contributed by atoms with van der Waals surface area (Å²) in [5.74, 6) is 2.60. The summed E-state index contributed by atoms with van der Waals surface area (Å²) in [6.07, 6.45) is 6.39. The number of hydrogen-bond donors (Lipinski definition) is 0. The highest BCUT2D eigenvalue weighted by Crippen LogP contribution is 2.36. The lowest BCUT2D eigenvalue weighted by atomic mass is 10.0. The van der Waals surface area contributed by atoms with Crippen molar-refractivity contribution in [1.29, 1.82) is 0 Å². The first-order valence-corrected chi connectivity index (χ1v) is 11.5. The molecule has 1 fully saturated rings. The molecule has 4 aromatic rings. The number of nitrogens with zero attached hydrogens (tertiary/aromatic N) is 5. The molecule has 0 amide bonds. The summed E-state index contributed by atoms with van der Waals surface area (Å²) < 4.78 is 13.2. The third kappa shape index (κ3) is 4.83. The molecule has 33 heavy (non-hydrogen) atoms. The molecular weight excluding hydrogens is 414 g/mol. The van der Waals surface area contributed by atoms with Gasteiger partial charge < -0.3 is 9.15 Å². The number of tetrazole rings is 1.